The number of pyridine rings is 1. The molecule has 0 unspecified atom stereocenters. The van der Waals surface area contributed by atoms with Gasteiger partial charge in [0.05, 0.1) is 49.7 Å². The molecule has 4 heterocycles. The summed E-state index contributed by atoms with van der Waals surface area (Å²) < 4.78 is 23.6. The molecule has 2 N–H and O–H groups in total. The van der Waals surface area contributed by atoms with E-state index in [1.807, 2.05) is 18.2 Å². The van der Waals surface area contributed by atoms with E-state index >= 15 is 0 Å². The molecule has 2 aromatic heterocycles. The Bertz CT molecular complexity index is 1960. The molecule has 48 heavy (non-hydrogen) atoms. The van der Waals surface area contributed by atoms with Crippen LogP contribution in [0.5, 0.6) is 11.5 Å². The van der Waals surface area contributed by atoms with Gasteiger partial charge in [-0.1, -0.05) is 6.07 Å². The molecule has 1 saturated carbocycles. The molecule has 2 fully saturated rings. The van der Waals surface area contributed by atoms with E-state index in [4.69, 9.17) is 18.9 Å². The maximum absolute atomic E-state index is 13.8. The van der Waals surface area contributed by atoms with Crippen molar-refractivity contribution in [2.24, 2.45) is 0 Å². The summed E-state index contributed by atoms with van der Waals surface area (Å²) in [6.07, 6.45) is 0.0551. The minimum absolute atomic E-state index is 0.324. The number of carbonyl (C=O) groups excluding carboxylic acids is 2. The summed E-state index contributed by atoms with van der Waals surface area (Å²) in [5, 5.41) is 18.6. The fraction of sp³-hybridized carbons (Fsp3) is 0.382. The Hall–Kier alpha value is -5.37. The van der Waals surface area contributed by atoms with Gasteiger partial charge in [-0.05, 0) is 74.7 Å². The average molecular weight is 657 g/mol. The topological polar surface area (TPSA) is 158 Å². The van der Waals surface area contributed by atoms with Gasteiger partial charge in [0.1, 0.15) is 11.4 Å². The first-order chi connectivity index (χ1) is 23.0. The maximum atomic E-state index is 13.8. The first kappa shape index (κ1) is 31.2. The Morgan fingerprint density at radius 3 is 2.52 bits per heavy atom. The molecule has 4 aromatic rings. The highest BCUT2D eigenvalue weighted by atomic mass is 16.6. The number of aromatic nitrogens is 3. The van der Waals surface area contributed by atoms with Gasteiger partial charge in [0.15, 0.2) is 17.4 Å². The second-order valence-corrected chi connectivity index (χ2v) is 13.0. The zero-order valence-corrected chi connectivity index (χ0v) is 27.3. The summed E-state index contributed by atoms with van der Waals surface area (Å²) in [7, 11) is 3.09. The number of ether oxygens (including phenoxy) is 4. The minimum atomic E-state index is -1.34. The Kier molecular flexibility index (Phi) is 7.42. The summed E-state index contributed by atoms with van der Waals surface area (Å²) in [6.45, 7) is 7.81. The first-order valence-electron chi connectivity index (χ1n) is 15.6. The number of anilines is 4. The second-order valence-electron chi connectivity index (χ2n) is 13.0. The predicted molar refractivity (Wildman–Crippen MR) is 176 cm³/mol. The number of hydrogen-bond donors (Lipinski definition) is 2. The molecule has 2 aromatic carbocycles. The van der Waals surface area contributed by atoms with Crippen LogP contribution in [0.15, 0.2) is 48.7 Å². The summed E-state index contributed by atoms with van der Waals surface area (Å²) in [5.41, 5.74) is 0.873. The quantitative estimate of drug-likeness (QED) is 0.278. The predicted octanol–water partition coefficient (Wildman–Crippen LogP) is 5.26. The van der Waals surface area contributed by atoms with Crippen molar-refractivity contribution >= 4 is 52.0 Å². The molecule has 14 heteroatoms. The molecule has 1 aliphatic carbocycles. The number of amides is 2. The zero-order valence-electron chi connectivity index (χ0n) is 27.3. The number of carbonyl (C=O) groups is 3. The molecule has 7 rings (SSSR count). The number of hydrogen-bond acceptors (Lipinski definition) is 11. The maximum Gasteiger partial charge on any atom is 0.435 e. The molecule has 0 bridgehead atoms. The molecule has 2 atom stereocenters. The van der Waals surface area contributed by atoms with Gasteiger partial charge in [-0.2, -0.15) is 4.68 Å². The molecule has 0 radical (unpaired) electrons. The molecule has 250 valence electrons. The van der Waals surface area contributed by atoms with Crippen LogP contribution >= 0.6 is 0 Å². The second kappa shape index (κ2) is 11.4. The Balaban J connectivity index is 1.30. The van der Waals surface area contributed by atoms with Crippen LogP contribution < -0.4 is 24.6 Å². The molecule has 3 aliphatic rings. The van der Waals surface area contributed by atoms with Crippen LogP contribution in [0.2, 0.25) is 0 Å². The number of nitrogens with zero attached hydrogens (tertiary/aromatic N) is 5. The normalized spacial score (nSPS) is 20.2. The fourth-order valence-corrected chi connectivity index (χ4v) is 6.76. The van der Waals surface area contributed by atoms with Crippen LogP contribution in [0.1, 0.15) is 44.2 Å². The number of imide groups is 1. The van der Waals surface area contributed by atoms with Crippen molar-refractivity contribution in [2.75, 3.05) is 55.6 Å². The van der Waals surface area contributed by atoms with E-state index < -0.39 is 29.1 Å². The van der Waals surface area contributed by atoms with E-state index in [9.17, 15) is 19.5 Å². The smallest absolute Gasteiger partial charge is 0.435 e. The van der Waals surface area contributed by atoms with Crippen LogP contribution in [0.4, 0.5) is 32.6 Å². The number of fused-ring (bicyclic) bond motifs is 3. The Morgan fingerprint density at radius 2 is 1.83 bits per heavy atom. The summed E-state index contributed by atoms with van der Waals surface area (Å²) >= 11 is 0. The lowest BCUT2D eigenvalue weighted by Crippen LogP contribution is -2.37. The van der Waals surface area contributed by atoms with E-state index in [0.29, 0.717) is 83.7 Å². The summed E-state index contributed by atoms with van der Waals surface area (Å²) in [6, 6.07) is 12.3. The van der Waals surface area contributed by atoms with Crippen LogP contribution in [-0.4, -0.2) is 84.1 Å². The van der Waals surface area contributed by atoms with Crippen molar-refractivity contribution < 1.29 is 38.4 Å². The first-order valence-corrected chi connectivity index (χ1v) is 15.6. The monoisotopic (exact) mass is 656 g/mol. The van der Waals surface area contributed by atoms with Crippen LogP contribution in [-0.2, 0) is 19.7 Å². The SMILES string of the molecule is COc1ccc2c(c1)[C@]1(C[C@H]1c1ccc3c(Nc4ccnc(N5CCOCC5)c4OC)nn(C(=O)OC(C)(C)C)c3c1)C(=O)N2C(=O)O. The van der Waals surface area contributed by atoms with E-state index in [1.54, 1.807) is 58.3 Å². The number of carboxylic acid groups (broad SMARTS) is 1. The van der Waals surface area contributed by atoms with E-state index in [2.05, 4.69) is 20.3 Å². The van der Waals surface area contributed by atoms with Crippen molar-refractivity contribution in [1.82, 2.24) is 14.8 Å². The number of methoxy groups -OCH3 is 2. The lowest BCUT2D eigenvalue weighted by atomic mass is 9.91. The van der Waals surface area contributed by atoms with Crippen molar-refractivity contribution in [3.05, 3.63) is 59.8 Å². The zero-order chi connectivity index (χ0) is 34.0. The molecular formula is C34H36N6O8. The molecular weight excluding hydrogens is 620 g/mol. The molecule has 1 saturated heterocycles. The van der Waals surface area contributed by atoms with Crippen molar-refractivity contribution in [3.63, 3.8) is 0 Å². The van der Waals surface area contributed by atoms with Crippen LogP contribution in [0.25, 0.3) is 10.9 Å². The van der Waals surface area contributed by atoms with Crippen LogP contribution in [0, 0.1) is 0 Å². The molecule has 2 amide bonds. The van der Waals surface area contributed by atoms with E-state index in [1.165, 1.54) is 11.8 Å². The summed E-state index contributed by atoms with van der Waals surface area (Å²) in [5.74, 6) is 1.24. The highest BCUT2D eigenvalue weighted by Gasteiger charge is 2.68. The molecule has 1 spiro atoms. The third-order valence-electron chi connectivity index (χ3n) is 8.99. The van der Waals surface area contributed by atoms with Gasteiger partial charge < -0.3 is 34.3 Å². The molecule has 2 aliphatic heterocycles. The largest absolute Gasteiger partial charge is 0.497 e. The number of rotatable bonds is 6. The third-order valence-corrected chi connectivity index (χ3v) is 8.99. The number of benzene rings is 2. The van der Waals surface area contributed by atoms with Gasteiger partial charge >= 0.3 is 12.2 Å². The van der Waals surface area contributed by atoms with E-state index in [-0.39, 0.29) is 5.92 Å². The average Bonchev–Trinajstić information content (AvgIpc) is 3.65. The number of nitrogens with one attached hydrogen (secondary N) is 1. The van der Waals surface area contributed by atoms with Crippen LogP contribution in [0.3, 0.4) is 0 Å². The van der Waals surface area contributed by atoms with E-state index in [0.717, 1.165) is 10.5 Å². The number of morpholine rings is 1. The van der Waals surface area contributed by atoms with Gasteiger partial charge in [0, 0.05) is 30.6 Å². The molecule has 14 nitrogen and oxygen atoms in total. The van der Waals surface area contributed by atoms with Gasteiger partial charge in [-0.15, -0.1) is 5.10 Å². The van der Waals surface area contributed by atoms with Gasteiger partial charge in [-0.3, -0.25) is 4.79 Å². The third kappa shape index (κ3) is 5.03. The van der Waals surface area contributed by atoms with Gasteiger partial charge in [0.25, 0.3) is 0 Å². The fourth-order valence-electron chi connectivity index (χ4n) is 6.76. The summed E-state index contributed by atoms with van der Waals surface area (Å²) in [4.78, 5) is 46.9. The minimum Gasteiger partial charge on any atom is -0.497 e. The van der Waals surface area contributed by atoms with Gasteiger partial charge in [-0.25, -0.2) is 19.5 Å². The Morgan fingerprint density at radius 1 is 1.06 bits per heavy atom. The highest BCUT2D eigenvalue weighted by Crippen LogP contribution is 2.67. The van der Waals surface area contributed by atoms with Crippen molar-refractivity contribution in [2.45, 2.75) is 44.1 Å². The highest BCUT2D eigenvalue weighted by molar-refractivity contribution is 6.22. The van der Waals surface area contributed by atoms with Crippen molar-refractivity contribution in [3.8, 4) is 11.5 Å². The van der Waals surface area contributed by atoms with Gasteiger partial charge in [0.2, 0.25) is 5.91 Å². The lowest BCUT2D eigenvalue weighted by Gasteiger charge is -2.29. The van der Waals surface area contributed by atoms with Crippen molar-refractivity contribution in [1.29, 1.82) is 0 Å². The lowest BCUT2D eigenvalue weighted by molar-refractivity contribution is -0.119. The Labute approximate surface area is 276 Å². The standard InChI is InChI=1S/C34H36N6O8/c1-33(2,3)48-32(44)40-26-16-19(23-18-34(23)22-17-20(45-4)7-9-25(22)39(30(34)41)31(42)43)6-8-21(26)28(37-40)36-24-10-11-35-29(27(24)46-5)38-12-14-47-15-13-38/h6-11,16-17,23H,12-15,18H2,1-5H3,(H,42,43)(H,35,36,37)/t23-,34-/m0/s1.